The van der Waals surface area contributed by atoms with E-state index in [2.05, 4.69) is 10.2 Å². The number of carbonyl (C=O) groups is 3. The second-order valence-electron chi connectivity index (χ2n) is 4.25. The van der Waals surface area contributed by atoms with Crippen molar-refractivity contribution in [2.75, 3.05) is 6.61 Å². The Hall–Kier alpha value is -3.23. The summed E-state index contributed by atoms with van der Waals surface area (Å²) in [5.74, 6) is -1.65. The number of rotatable bonds is 4. The van der Waals surface area contributed by atoms with E-state index in [1.807, 2.05) is 6.07 Å². The standard InChI is InChI=1S/C13H13N5O4/c1-8-11(12(20)22-7-10(19)15-13(14)21)17-18(16-8)9-5-3-2-4-6-9/h2-6H,7H2,1H3,(H3,14,15,19,21). The van der Waals surface area contributed by atoms with Crippen LogP contribution in [0.4, 0.5) is 4.79 Å². The molecular formula is C13H13N5O4. The van der Waals surface area contributed by atoms with Gasteiger partial charge < -0.3 is 10.5 Å². The summed E-state index contributed by atoms with van der Waals surface area (Å²) in [6, 6.07) is 7.98. The number of carbonyl (C=O) groups excluding carboxylic acids is 3. The number of ether oxygens (including phenoxy) is 1. The maximum absolute atomic E-state index is 11.9. The predicted molar refractivity (Wildman–Crippen MR) is 74.1 cm³/mol. The van der Waals surface area contributed by atoms with Gasteiger partial charge in [0.15, 0.2) is 12.3 Å². The molecule has 0 atom stereocenters. The minimum atomic E-state index is -1.02. The Morgan fingerprint density at radius 2 is 1.91 bits per heavy atom. The summed E-state index contributed by atoms with van der Waals surface area (Å²) < 4.78 is 4.75. The minimum Gasteiger partial charge on any atom is -0.451 e. The summed E-state index contributed by atoms with van der Waals surface area (Å²) in [5, 5.41) is 9.91. The summed E-state index contributed by atoms with van der Waals surface area (Å²) >= 11 is 0. The van der Waals surface area contributed by atoms with E-state index < -0.39 is 24.5 Å². The highest BCUT2D eigenvalue weighted by molar-refractivity contribution is 5.96. The number of hydrogen-bond acceptors (Lipinski definition) is 6. The first-order valence-electron chi connectivity index (χ1n) is 6.23. The van der Waals surface area contributed by atoms with Gasteiger partial charge in [-0.05, 0) is 19.1 Å². The number of esters is 1. The van der Waals surface area contributed by atoms with Gasteiger partial charge in [-0.25, -0.2) is 9.59 Å². The van der Waals surface area contributed by atoms with Gasteiger partial charge in [0.2, 0.25) is 0 Å². The molecule has 9 nitrogen and oxygen atoms in total. The van der Waals surface area contributed by atoms with Gasteiger partial charge in [-0.1, -0.05) is 18.2 Å². The van der Waals surface area contributed by atoms with Crippen LogP contribution in [0.5, 0.6) is 0 Å². The van der Waals surface area contributed by atoms with Crippen molar-refractivity contribution in [3.63, 3.8) is 0 Å². The Bertz CT molecular complexity index is 710. The highest BCUT2D eigenvalue weighted by Crippen LogP contribution is 2.09. The Labute approximate surface area is 125 Å². The molecule has 1 aromatic heterocycles. The van der Waals surface area contributed by atoms with Crippen molar-refractivity contribution in [1.29, 1.82) is 0 Å². The summed E-state index contributed by atoms with van der Waals surface area (Å²) in [7, 11) is 0. The van der Waals surface area contributed by atoms with Crippen LogP contribution in [0.15, 0.2) is 30.3 Å². The van der Waals surface area contributed by atoms with Crippen LogP contribution >= 0.6 is 0 Å². The zero-order valence-electron chi connectivity index (χ0n) is 11.6. The van der Waals surface area contributed by atoms with Crippen molar-refractivity contribution >= 4 is 17.9 Å². The molecule has 0 radical (unpaired) electrons. The number of nitrogens with zero attached hydrogens (tertiary/aromatic N) is 3. The lowest BCUT2D eigenvalue weighted by Crippen LogP contribution is -2.37. The van der Waals surface area contributed by atoms with E-state index in [1.54, 1.807) is 36.5 Å². The molecule has 3 N–H and O–H groups in total. The largest absolute Gasteiger partial charge is 0.451 e. The molecule has 0 saturated carbocycles. The van der Waals surface area contributed by atoms with Crippen LogP contribution in [-0.4, -0.2) is 39.5 Å². The van der Waals surface area contributed by atoms with E-state index in [-0.39, 0.29) is 5.69 Å². The van der Waals surface area contributed by atoms with Crippen molar-refractivity contribution in [2.24, 2.45) is 5.73 Å². The summed E-state index contributed by atoms with van der Waals surface area (Å²) in [6.07, 6.45) is 0. The van der Waals surface area contributed by atoms with Gasteiger partial charge in [-0.2, -0.15) is 9.90 Å². The first-order chi connectivity index (χ1) is 10.5. The molecular weight excluding hydrogens is 290 g/mol. The maximum atomic E-state index is 11.9. The lowest BCUT2D eigenvalue weighted by atomic mass is 10.3. The topological polar surface area (TPSA) is 129 Å². The van der Waals surface area contributed by atoms with Gasteiger partial charge in [0.1, 0.15) is 0 Å². The molecule has 0 aliphatic heterocycles. The van der Waals surface area contributed by atoms with Crippen LogP contribution in [0.2, 0.25) is 0 Å². The van der Waals surface area contributed by atoms with Crippen LogP contribution in [-0.2, 0) is 9.53 Å². The van der Waals surface area contributed by atoms with E-state index in [1.165, 1.54) is 4.80 Å². The first-order valence-corrected chi connectivity index (χ1v) is 6.23. The number of para-hydroxylation sites is 1. The highest BCUT2D eigenvalue weighted by Gasteiger charge is 2.19. The SMILES string of the molecule is Cc1nn(-c2ccccc2)nc1C(=O)OCC(=O)NC(N)=O. The van der Waals surface area contributed by atoms with Crippen molar-refractivity contribution in [3.05, 3.63) is 41.7 Å². The number of aromatic nitrogens is 3. The first kappa shape index (κ1) is 15.2. The van der Waals surface area contributed by atoms with Gasteiger partial charge in [-0.15, -0.1) is 5.10 Å². The van der Waals surface area contributed by atoms with Crippen LogP contribution in [0.3, 0.4) is 0 Å². The third-order valence-corrected chi connectivity index (χ3v) is 2.56. The molecule has 0 unspecified atom stereocenters. The van der Waals surface area contributed by atoms with E-state index in [4.69, 9.17) is 10.5 Å². The quantitative estimate of drug-likeness (QED) is 0.760. The molecule has 0 bridgehead atoms. The molecule has 22 heavy (non-hydrogen) atoms. The lowest BCUT2D eigenvalue weighted by Gasteiger charge is -2.02. The molecule has 2 rings (SSSR count). The number of hydrogen-bond donors (Lipinski definition) is 2. The van der Waals surface area contributed by atoms with Gasteiger partial charge in [0, 0.05) is 0 Å². The minimum absolute atomic E-state index is 0.0178. The Balaban J connectivity index is 2.06. The Morgan fingerprint density at radius 1 is 1.23 bits per heavy atom. The average molecular weight is 303 g/mol. The number of nitrogens with one attached hydrogen (secondary N) is 1. The smallest absolute Gasteiger partial charge is 0.361 e. The van der Waals surface area contributed by atoms with Crippen molar-refractivity contribution in [3.8, 4) is 5.69 Å². The molecule has 2 aromatic rings. The van der Waals surface area contributed by atoms with Gasteiger partial charge in [0.25, 0.3) is 5.91 Å². The van der Waals surface area contributed by atoms with E-state index in [0.717, 1.165) is 0 Å². The highest BCUT2D eigenvalue weighted by atomic mass is 16.5. The zero-order chi connectivity index (χ0) is 16.1. The second-order valence-corrected chi connectivity index (χ2v) is 4.25. The molecule has 9 heteroatoms. The van der Waals surface area contributed by atoms with Crippen LogP contribution in [0.25, 0.3) is 5.69 Å². The normalized spacial score (nSPS) is 10.0. The fourth-order valence-corrected chi connectivity index (χ4v) is 1.62. The van der Waals surface area contributed by atoms with Gasteiger partial charge in [-0.3, -0.25) is 10.1 Å². The summed E-state index contributed by atoms with van der Waals surface area (Å²) in [6.45, 7) is 0.950. The fraction of sp³-hybridized carbons (Fsp3) is 0.154. The zero-order valence-corrected chi connectivity index (χ0v) is 11.6. The number of imide groups is 1. The fourth-order valence-electron chi connectivity index (χ4n) is 1.62. The molecule has 0 aliphatic carbocycles. The van der Waals surface area contributed by atoms with Gasteiger partial charge >= 0.3 is 12.0 Å². The van der Waals surface area contributed by atoms with Crippen LogP contribution in [0, 0.1) is 6.92 Å². The third-order valence-electron chi connectivity index (χ3n) is 2.56. The average Bonchev–Trinajstić information content (AvgIpc) is 2.87. The monoisotopic (exact) mass is 303 g/mol. The predicted octanol–water partition coefficient (Wildman–Crippen LogP) is -0.0726. The number of amides is 3. The molecule has 3 amide bonds. The number of benzene rings is 1. The van der Waals surface area contributed by atoms with Crippen molar-refractivity contribution in [2.45, 2.75) is 6.92 Å². The third kappa shape index (κ3) is 3.66. The Morgan fingerprint density at radius 3 is 2.55 bits per heavy atom. The second kappa shape index (κ2) is 6.48. The molecule has 0 saturated heterocycles. The molecule has 0 fully saturated rings. The van der Waals surface area contributed by atoms with Gasteiger partial charge in [0.05, 0.1) is 11.4 Å². The number of primary amides is 1. The number of urea groups is 1. The van der Waals surface area contributed by atoms with Crippen molar-refractivity contribution < 1.29 is 19.1 Å². The van der Waals surface area contributed by atoms with Crippen LogP contribution in [0.1, 0.15) is 16.2 Å². The van der Waals surface area contributed by atoms with Crippen LogP contribution < -0.4 is 11.1 Å². The number of nitrogens with two attached hydrogens (primary N) is 1. The molecule has 1 heterocycles. The Kier molecular flexibility index (Phi) is 4.47. The van der Waals surface area contributed by atoms with Crippen molar-refractivity contribution in [1.82, 2.24) is 20.3 Å². The maximum Gasteiger partial charge on any atom is 0.361 e. The lowest BCUT2D eigenvalue weighted by molar-refractivity contribution is -0.123. The van der Waals surface area contributed by atoms with E-state index in [9.17, 15) is 14.4 Å². The van der Waals surface area contributed by atoms with E-state index >= 15 is 0 Å². The molecule has 0 spiro atoms. The summed E-state index contributed by atoms with van der Waals surface area (Å²) in [5.41, 5.74) is 5.78. The molecule has 1 aromatic carbocycles. The van der Waals surface area contributed by atoms with E-state index in [0.29, 0.717) is 11.4 Å². The molecule has 114 valence electrons. The molecule has 0 aliphatic rings. The summed E-state index contributed by atoms with van der Waals surface area (Å²) in [4.78, 5) is 34.8. The number of aryl methyl sites for hydroxylation is 1.